The molecular formula is C17H27NO. The van der Waals surface area contributed by atoms with Crippen molar-refractivity contribution in [1.29, 1.82) is 0 Å². The minimum Gasteiger partial charge on any atom is -0.372 e. The van der Waals surface area contributed by atoms with Gasteiger partial charge in [-0.15, -0.1) is 0 Å². The van der Waals surface area contributed by atoms with Gasteiger partial charge in [-0.25, -0.2) is 0 Å². The average Bonchev–Trinajstić information content (AvgIpc) is 2.97. The first kappa shape index (κ1) is 14.5. The Morgan fingerprint density at radius 3 is 2.63 bits per heavy atom. The van der Waals surface area contributed by atoms with Gasteiger partial charge in [0.05, 0.1) is 12.7 Å². The number of benzene rings is 1. The maximum absolute atomic E-state index is 6.20. The van der Waals surface area contributed by atoms with Crippen LogP contribution in [0.3, 0.4) is 0 Å². The normalized spacial score (nSPS) is 17.7. The molecule has 1 aliphatic carbocycles. The first-order valence-electron chi connectivity index (χ1n) is 7.77. The van der Waals surface area contributed by atoms with Gasteiger partial charge in [-0.3, -0.25) is 0 Å². The van der Waals surface area contributed by atoms with Crippen molar-refractivity contribution in [2.24, 2.45) is 5.92 Å². The summed E-state index contributed by atoms with van der Waals surface area (Å²) in [6.45, 7) is 5.11. The van der Waals surface area contributed by atoms with Crippen molar-refractivity contribution in [2.75, 3.05) is 19.7 Å². The number of ether oxygens (including phenoxy) is 1. The van der Waals surface area contributed by atoms with Crippen molar-refractivity contribution < 1.29 is 4.74 Å². The van der Waals surface area contributed by atoms with Crippen LogP contribution in [0.25, 0.3) is 0 Å². The third-order valence-electron chi connectivity index (χ3n) is 3.94. The lowest BCUT2D eigenvalue weighted by Gasteiger charge is -2.21. The van der Waals surface area contributed by atoms with Crippen LogP contribution < -0.4 is 5.32 Å². The molecule has 1 saturated carbocycles. The summed E-state index contributed by atoms with van der Waals surface area (Å²) < 4.78 is 6.20. The smallest absolute Gasteiger partial charge is 0.0949 e. The molecular weight excluding hydrogens is 234 g/mol. The molecule has 1 aliphatic rings. The van der Waals surface area contributed by atoms with Gasteiger partial charge in [0.2, 0.25) is 0 Å². The van der Waals surface area contributed by atoms with Gasteiger partial charge in [-0.2, -0.15) is 0 Å². The lowest BCUT2D eigenvalue weighted by atomic mass is 10.1. The van der Waals surface area contributed by atoms with Crippen molar-refractivity contribution in [1.82, 2.24) is 5.32 Å². The Hall–Kier alpha value is -0.860. The van der Waals surface area contributed by atoms with E-state index in [4.69, 9.17) is 4.74 Å². The SMILES string of the molecule is CCCNCC(OCC1CCCC1)c1ccccc1. The molecule has 1 atom stereocenters. The lowest BCUT2D eigenvalue weighted by molar-refractivity contribution is 0.0296. The third-order valence-corrected chi connectivity index (χ3v) is 3.94. The van der Waals surface area contributed by atoms with Gasteiger partial charge in [-0.1, -0.05) is 50.1 Å². The van der Waals surface area contributed by atoms with Gasteiger partial charge < -0.3 is 10.1 Å². The fourth-order valence-corrected chi connectivity index (χ4v) is 2.78. The summed E-state index contributed by atoms with van der Waals surface area (Å²) in [6.07, 6.45) is 6.85. The van der Waals surface area contributed by atoms with Crippen molar-refractivity contribution in [2.45, 2.75) is 45.1 Å². The molecule has 2 heteroatoms. The van der Waals surface area contributed by atoms with Crippen LogP contribution in [-0.2, 0) is 4.74 Å². The zero-order valence-electron chi connectivity index (χ0n) is 12.1. The topological polar surface area (TPSA) is 21.3 Å². The van der Waals surface area contributed by atoms with Crippen LogP contribution in [0, 0.1) is 5.92 Å². The van der Waals surface area contributed by atoms with Crippen LogP contribution >= 0.6 is 0 Å². The molecule has 0 saturated heterocycles. The Bertz CT molecular complexity index is 332. The minimum absolute atomic E-state index is 0.202. The van der Waals surface area contributed by atoms with E-state index in [1.165, 1.54) is 37.7 Å². The molecule has 1 N–H and O–H groups in total. The zero-order valence-corrected chi connectivity index (χ0v) is 12.1. The second-order valence-electron chi connectivity index (χ2n) is 5.59. The van der Waals surface area contributed by atoms with Crippen molar-refractivity contribution in [3.63, 3.8) is 0 Å². The highest BCUT2D eigenvalue weighted by Gasteiger charge is 2.18. The fourth-order valence-electron chi connectivity index (χ4n) is 2.78. The van der Waals surface area contributed by atoms with E-state index < -0.39 is 0 Å². The van der Waals surface area contributed by atoms with Crippen LogP contribution in [-0.4, -0.2) is 19.7 Å². The molecule has 0 bridgehead atoms. The largest absolute Gasteiger partial charge is 0.372 e. The minimum atomic E-state index is 0.202. The van der Waals surface area contributed by atoms with Crippen LogP contribution in [0.15, 0.2) is 30.3 Å². The first-order chi connectivity index (χ1) is 9.40. The van der Waals surface area contributed by atoms with Crippen molar-refractivity contribution in [3.05, 3.63) is 35.9 Å². The molecule has 0 aromatic heterocycles. The fraction of sp³-hybridized carbons (Fsp3) is 0.647. The standard InChI is InChI=1S/C17H27NO/c1-2-12-18-13-17(16-10-4-3-5-11-16)19-14-15-8-6-7-9-15/h3-5,10-11,15,17-18H,2,6-9,12-14H2,1H3. The quantitative estimate of drug-likeness (QED) is 0.716. The molecule has 106 valence electrons. The summed E-state index contributed by atoms with van der Waals surface area (Å²) in [6, 6.07) is 10.6. The molecule has 2 rings (SSSR count). The van der Waals surface area contributed by atoms with Gasteiger partial charge >= 0.3 is 0 Å². The number of hydrogen-bond acceptors (Lipinski definition) is 2. The second-order valence-corrected chi connectivity index (χ2v) is 5.59. The predicted octanol–water partition coefficient (Wildman–Crippen LogP) is 3.93. The molecule has 2 nitrogen and oxygen atoms in total. The Balaban J connectivity index is 1.85. The van der Waals surface area contributed by atoms with E-state index in [0.29, 0.717) is 0 Å². The van der Waals surface area contributed by atoms with E-state index in [0.717, 1.165) is 25.6 Å². The summed E-state index contributed by atoms with van der Waals surface area (Å²) >= 11 is 0. The van der Waals surface area contributed by atoms with Crippen LogP contribution in [0.1, 0.15) is 50.7 Å². The highest BCUT2D eigenvalue weighted by molar-refractivity contribution is 5.17. The maximum atomic E-state index is 6.20. The molecule has 0 aliphatic heterocycles. The van der Waals surface area contributed by atoms with Crippen LogP contribution in [0.4, 0.5) is 0 Å². The Morgan fingerprint density at radius 1 is 1.21 bits per heavy atom. The Labute approximate surface area is 117 Å². The van der Waals surface area contributed by atoms with Crippen molar-refractivity contribution in [3.8, 4) is 0 Å². The van der Waals surface area contributed by atoms with Gasteiger partial charge in [0, 0.05) is 6.54 Å². The molecule has 1 aromatic rings. The summed E-state index contributed by atoms with van der Waals surface area (Å²) in [5.41, 5.74) is 1.30. The van der Waals surface area contributed by atoms with Gasteiger partial charge in [-0.05, 0) is 37.3 Å². The summed E-state index contributed by atoms with van der Waals surface area (Å²) in [5, 5.41) is 3.48. The Morgan fingerprint density at radius 2 is 1.95 bits per heavy atom. The summed E-state index contributed by atoms with van der Waals surface area (Å²) in [4.78, 5) is 0. The average molecular weight is 261 g/mol. The Kier molecular flexibility index (Phi) is 6.38. The molecule has 1 aromatic carbocycles. The van der Waals surface area contributed by atoms with E-state index in [2.05, 4.69) is 42.6 Å². The molecule has 0 amide bonds. The highest BCUT2D eigenvalue weighted by Crippen LogP contribution is 2.27. The van der Waals surface area contributed by atoms with Gasteiger partial charge in [0.25, 0.3) is 0 Å². The monoisotopic (exact) mass is 261 g/mol. The lowest BCUT2D eigenvalue weighted by Crippen LogP contribution is -2.25. The highest BCUT2D eigenvalue weighted by atomic mass is 16.5. The maximum Gasteiger partial charge on any atom is 0.0949 e. The summed E-state index contributed by atoms with van der Waals surface area (Å²) in [5.74, 6) is 0.789. The summed E-state index contributed by atoms with van der Waals surface area (Å²) in [7, 11) is 0. The number of nitrogens with one attached hydrogen (secondary N) is 1. The molecule has 1 unspecified atom stereocenters. The van der Waals surface area contributed by atoms with E-state index in [9.17, 15) is 0 Å². The predicted molar refractivity (Wildman–Crippen MR) is 80.3 cm³/mol. The van der Waals surface area contributed by atoms with Crippen molar-refractivity contribution >= 4 is 0 Å². The molecule has 1 fully saturated rings. The van der Waals surface area contributed by atoms with E-state index in [1.807, 2.05) is 0 Å². The van der Waals surface area contributed by atoms with E-state index >= 15 is 0 Å². The van der Waals surface area contributed by atoms with Crippen LogP contribution in [0.5, 0.6) is 0 Å². The molecule has 0 heterocycles. The molecule has 0 spiro atoms. The first-order valence-corrected chi connectivity index (χ1v) is 7.77. The number of rotatable bonds is 8. The number of hydrogen-bond donors (Lipinski definition) is 1. The van der Waals surface area contributed by atoms with Crippen LogP contribution in [0.2, 0.25) is 0 Å². The second kappa shape index (κ2) is 8.34. The van der Waals surface area contributed by atoms with E-state index in [-0.39, 0.29) is 6.10 Å². The van der Waals surface area contributed by atoms with E-state index in [1.54, 1.807) is 0 Å². The molecule has 0 radical (unpaired) electrons. The molecule has 19 heavy (non-hydrogen) atoms. The third kappa shape index (κ3) is 4.96. The zero-order chi connectivity index (χ0) is 13.3. The van der Waals surface area contributed by atoms with Gasteiger partial charge in [0.1, 0.15) is 0 Å². The van der Waals surface area contributed by atoms with Gasteiger partial charge in [0.15, 0.2) is 0 Å².